The fourth-order valence-electron chi connectivity index (χ4n) is 4.41. The van der Waals surface area contributed by atoms with Gasteiger partial charge in [0, 0.05) is 2.74 Å². The molecule has 8 heteroatoms. The molecular weight excluding hydrogens is 537 g/mol. The molecule has 0 heterocycles. The monoisotopic (exact) mass is 583 g/mol. The molecule has 0 bridgehead atoms. The van der Waals surface area contributed by atoms with Crippen LogP contribution in [0.3, 0.4) is 0 Å². The third-order valence-electron chi connectivity index (χ3n) is 6.76. The van der Waals surface area contributed by atoms with Crippen molar-refractivity contribution in [2.75, 3.05) is 6.35 Å². The number of nitrogens with one attached hydrogen (secondary N) is 1. The van der Waals surface area contributed by atoms with Crippen molar-refractivity contribution in [3.05, 3.63) is 88.5 Å². The maximum Gasteiger partial charge on any atom is 0.354 e. The highest BCUT2D eigenvalue weighted by atomic mass is 31.2. The van der Waals surface area contributed by atoms with Gasteiger partial charge in [0.2, 0.25) is 0 Å². The van der Waals surface area contributed by atoms with Gasteiger partial charge in [-0.1, -0.05) is 58.0 Å². The van der Waals surface area contributed by atoms with Crippen molar-refractivity contribution in [2.45, 2.75) is 85.7 Å². The highest BCUT2D eigenvalue weighted by molar-refractivity contribution is 7.57. The van der Waals surface area contributed by atoms with Crippen molar-refractivity contribution >= 4 is 13.5 Å². The van der Waals surface area contributed by atoms with Crippen molar-refractivity contribution in [3.63, 3.8) is 0 Å². The second-order valence-electron chi connectivity index (χ2n) is 10.6. The normalized spacial score (nSPS) is 14.7. The first-order chi connectivity index (χ1) is 20.2. The topological polar surface area (TPSA) is 94.1 Å². The summed E-state index contributed by atoms with van der Waals surface area (Å²) < 4.78 is 49.5. The van der Waals surface area contributed by atoms with E-state index in [0.717, 1.165) is 0 Å². The number of hydrogen-bond donors (Lipinski definition) is 2. The number of rotatable bonds is 14. The summed E-state index contributed by atoms with van der Waals surface area (Å²) >= 11 is 0. The van der Waals surface area contributed by atoms with E-state index in [-0.39, 0.29) is 24.1 Å². The molecular formula is C33H44NO6P. The van der Waals surface area contributed by atoms with Gasteiger partial charge < -0.3 is 19.1 Å². The lowest BCUT2D eigenvalue weighted by Gasteiger charge is -2.25. The Bertz CT molecular complexity index is 1420. The van der Waals surface area contributed by atoms with Crippen molar-refractivity contribution < 1.29 is 31.2 Å². The Kier molecular flexibility index (Phi) is 10.4. The van der Waals surface area contributed by atoms with Crippen molar-refractivity contribution in [1.82, 2.24) is 5.09 Å². The van der Waals surface area contributed by atoms with Crippen LogP contribution in [0.1, 0.15) is 83.9 Å². The summed E-state index contributed by atoms with van der Waals surface area (Å²) in [5.41, 5.74) is 2.89. The molecule has 0 fully saturated rings. The Balaban J connectivity index is 1.87. The fraction of sp³-hybridized carbons (Fsp3) is 0.424. The molecule has 0 saturated carbocycles. The summed E-state index contributed by atoms with van der Waals surface area (Å²) in [5.74, 6) is 0.377. The van der Waals surface area contributed by atoms with Gasteiger partial charge in [0.25, 0.3) is 0 Å². The minimum atomic E-state index is -3.79. The van der Waals surface area contributed by atoms with Gasteiger partial charge in [-0.25, -0.2) is 5.09 Å². The third kappa shape index (κ3) is 9.11. The predicted molar refractivity (Wildman–Crippen MR) is 164 cm³/mol. The summed E-state index contributed by atoms with van der Waals surface area (Å²) in [4.78, 5) is 12.7. The average Bonchev–Trinajstić information content (AvgIpc) is 2.94. The number of esters is 1. The van der Waals surface area contributed by atoms with Crippen LogP contribution in [0.4, 0.5) is 0 Å². The molecule has 2 atom stereocenters. The highest BCUT2D eigenvalue weighted by Crippen LogP contribution is 2.44. The minimum Gasteiger partial charge on any atom is -0.508 e. The Morgan fingerprint density at radius 1 is 0.976 bits per heavy atom. The molecule has 0 aliphatic rings. The van der Waals surface area contributed by atoms with Crippen LogP contribution in [0.5, 0.6) is 17.2 Å². The molecule has 0 radical (unpaired) electrons. The molecule has 0 spiro atoms. The molecule has 3 aromatic carbocycles. The maximum atomic E-state index is 14.0. The lowest BCUT2D eigenvalue weighted by Crippen LogP contribution is -2.37. The Morgan fingerprint density at radius 2 is 1.61 bits per heavy atom. The van der Waals surface area contributed by atoms with Crippen molar-refractivity contribution in [1.29, 1.82) is 0 Å². The van der Waals surface area contributed by atoms with Gasteiger partial charge in [-0.3, -0.25) is 9.36 Å². The molecule has 0 saturated heterocycles. The Labute approximate surface area is 247 Å². The Morgan fingerprint density at radius 3 is 2.20 bits per heavy atom. The third-order valence-corrected chi connectivity index (χ3v) is 8.52. The first-order valence-electron chi connectivity index (χ1n) is 15.1. The molecule has 0 amide bonds. The number of para-hydroxylation sites is 1. The van der Waals surface area contributed by atoms with E-state index >= 15 is 0 Å². The molecule has 0 aliphatic carbocycles. The first kappa shape index (κ1) is 29.2. The number of phenolic OH excluding ortho intramolecular Hbond substituents is 1. The maximum absolute atomic E-state index is 14.0. The zero-order valence-corrected chi connectivity index (χ0v) is 26.0. The number of aromatic hydroxyl groups is 1. The van der Waals surface area contributed by atoms with E-state index in [1.54, 1.807) is 69.3 Å². The predicted octanol–water partition coefficient (Wildman–Crippen LogP) is 8.04. The second-order valence-corrected chi connectivity index (χ2v) is 12.6. The van der Waals surface area contributed by atoms with Crippen LogP contribution in [-0.2, 0) is 20.5 Å². The first-order valence-corrected chi connectivity index (χ1v) is 15.9. The molecule has 1 unspecified atom stereocenters. The van der Waals surface area contributed by atoms with E-state index in [9.17, 15) is 14.5 Å². The number of benzene rings is 3. The largest absolute Gasteiger partial charge is 0.508 e. The number of hydrogen-bond acceptors (Lipinski definition) is 6. The van der Waals surface area contributed by atoms with E-state index in [1.165, 1.54) is 6.07 Å². The average molecular weight is 584 g/mol. The smallest absolute Gasteiger partial charge is 0.354 e. The van der Waals surface area contributed by atoms with Crippen LogP contribution in [0.2, 0.25) is 0 Å². The SMILES string of the molecule is [2H]C([2H])(c1ccc(O)c(C(C)C)c1)c1c(C)cc(OCP(=O)(N[C@@H](C)C(=O)OC(CC)CC)Oc2ccccc2)cc1C. The van der Waals surface area contributed by atoms with Crippen LogP contribution in [0.25, 0.3) is 0 Å². The van der Waals surface area contributed by atoms with Gasteiger partial charge in [-0.15, -0.1) is 0 Å². The van der Waals surface area contributed by atoms with Crippen molar-refractivity contribution in [3.8, 4) is 17.2 Å². The van der Waals surface area contributed by atoms with E-state index in [2.05, 4.69) is 5.09 Å². The summed E-state index contributed by atoms with van der Waals surface area (Å²) in [5, 5.41) is 13.1. The van der Waals surface area contributed by atoms with Crippen molar-refractivity contribution in [2.24, 2.45) is 0 Å². The van der Waals surface area contributed by atoms with Gasteiger partial charge in [-0.2, -0.15) is 0 Å². The van der Waals surface area contributed by atoms with Gasteiger partial charge in [0.05, 0.1) is 0 Å². The standard InChI is InChI=1S/C33H44NO6P/c1-8-27(9-2)39-33(36)25(7)34-41(37,40-28-13-11-10-12-14-28)21-38-29-17-23(5)31(24(6)18-29)20-26-15-16-32(35)30(19-26)22(3)4/h10-19,22,25,27,35H,8-9,20-21H2,1-7H3,(H,34,37)/t25-,41?/m0/s1/i20D2. The molecule has 3 aromatic rings. The van der Waals surface area contributed by atoms with Crippen LogP contribution < -0.4 is 14.3 Å². The summed E-state index contributed by atoms with van der Waals surface area (Å²) in [6.45, 7) is 12.9. The van der Waals surface area contributed by atoms with Gasteiger partial charge in [0.1, 0.15) is 29.4 Å². The quantitative estimate of drug-likeness (QED) is 0.146. The van der Waals surface area contributed by atoms with E-state index < -0.39 is 25.9 Å². The number of aryl methyl sites for hydroxylation is 2. The molecule has 222 valence electrons. The van der Waals surface area contributed by atoms with E-state index in [0.29, 0.717) is 52.2 Å². The molecule has 3 rings (SSSR count). The Hall–Kier alpha value is -3.28. The fourth-order valence-corrected chi connectivity index (χ4v) is 6.07. The zero-order chi connectivity index (χ0) is 31.9. The highest BCUT2D eigenvalue weighted by Gasteiger charge is 2.32. The van der Waals surface area contributed by atoms with E-state index in [1.807, 2.05) is 33.8 Å². The summed E-state index contributed by atoms with van der Waals surface area (Å²) in [6, 6.07) is 16.0. The molecule has 41 heavy (non-hydrogen) atoms. The number of carbonyl (C=O) groups excluding carboxylic acids is 1. The molecule has 0 aromatic heterocycles. The molecule has 7 nitrogen and oxygen atoms in total. The summed E-state index contributed by atoms with van der Waals surface area (Å²) in [6.07, 6.45) is -1.11. The lowest BCUT2D eigenvalue weighted by molar-refractivity contribution is -0.151. The second kappa shape index (κ2) is 14.6. The number of ether oxygens (including phenoxy) is 2. The molecule has 0 aliphatic heterocycles. The van der Waals surface area contributed by atoms with Crippen LogP contribution in [-0.4, -0.2) is 29.6 Å². The minimum absolute atomic E-state index is 0.0282. The van der Waals surface area contributed by atoms with Gasteiger partial charge in [-0.05, 0) is 104 Å². The van der Waals surface area contributed by atoms with E-state index in [4.69, 9.17) is 16.7 Å². The zero-order valence-electron chi connectivity index (χ0n) is 27.1. The lowest BCUT2D eigenvalue weighted by atomic mass is 9.93. The van der Waals surface area contributed by atoms with Gasteiger partial charge in [0.15, 0.2) is 6.35 Å². The molecule has 2 N–H and O–H groups in total. The van der Waals surface area contributed by atoms with Gasteiger partial charge >= 0.3 is 13.5 Å². The van der Waals surface area contributed by atoms with Crippen LogP contribution >= 0.6 is 7.52 Å². The number of carbonyl (C=O) groups is 1. The summed E-state index contributed by atoms with van der Waals surface area (Å²) in [7, 11) is -3.79. The number of phenols is 1. The van der Waals surface area contributed by atoms with Crippen LogP contribution in [0, 0.1) is 13.8 Å². The van der Waals surface area contributed by atoms with Crippen LogP contribution in [0.15, 0.2) is 60.7 Å².